The van der Waals surface area contributed by atoms with Crippen molar-refractivity contribution in [3.8, 4) is 5.75 Å². The Morgan fingerprint density at radius 2 is 2.04 bits per heavy atom. The summed E-state index contributed by atoms with van der Waals surface area (Å²) < 4.78 is 5.33. The Kier molecular flexibility index (Phi) is 6.30. The van der Waals surface area contributed by atoms with Gasteiger partial charge in [-0.25, -0.2) is 0 Å². The second-order valence-electron chi connectivity index (χ2n) is 6.73. The Balaban J connectivity index is 1.51. The molecule has 1 aliphatic carbocycles. The first-order valence-corrected chi connectivity index (χ1v) is 10.0. The van der Waals surface area contributed by atoms with Gasteiger partial charge in [0, 0.05) is 4.88 Å². The van der Waals surface area contributed by atoms with Crippen molar-refractivity contribution in [1.29, 1.82) is 0 Å². The molecule has 0 radical (unpaired) electrons. The number of para-hydroxylation sites is 1. The number of aryl methyl sites for hydroxylation is 1. The Hall–Kier alpha value is -2.87. The van der Waals surface area contributed by atoms with Gasteiger partial charge in [0.25, 0.3) is 17.7 Å². The fourth-order valence-corrected chi connectivity index (χ4v) is 4.33. The quantitative estimate of drug-likeness (QED) is 0.645. The molecule has 0 saturated carbocycles. The van der Waals surface area contributed by atoms with E-state index in [0.29, 0.717) is 10.8 Å². The molecule has 3 amide bonds. The number of thiophene rings is 1. The van der Waals surface area contributed by atoms with Crippen LogP contribution < -0.4 is 21.3 Å². The fraction of sp³-hybridized carbons (Fsp3) is 0.350. The molecule has 148 valence electrons. The Bertz CT molecular complexity index is 893. The number of carbonyl (C=O) groups is 3. The number of hydrogen-bond donors (Lipinski definition) is 3. The maximum absolute atomic E-state index is 12.3. The monoisotopic (exact) mass is 401 g/mol. The van der Waals surface area contributed by atoms with Gasteiger partial charge in [0.15, 0.2) is 6.61 Å². The van der Waals surface area contributed by atoms with Crippen LogP contribution in [0.3, 0.4) is 0 Å². The lowest BCUT2D eigenvalue weighted by Crippen LogP contribution is -2.43. The molecule has 8 heteroatoms. The topological polar surface area (TPSA) is 111 Å². The zero-order valence-corrected chi connectivity index (χ0v) is 16.4. The summed E-state index contributed by atoms with van der Waals surface area (Å²) in [5.74, 6) is -0.638. The van der Waals surface area contributed by atoms with Gasteiger partial charge in [-0.15, -0.1) is 11.3 Å². The molecule has 3 rings (SSSR count). The first-order chi connectivity index (χ1) is 13.5. The van der Waals surface area contributed by atoms with E-state index in [1.54, 1.807) is 18.2 Å². The van der Waals surface area contributed by atoms with E-state index in [1.165, 1.54) is 27.8 Å². The average molecular weight is 401 g/mol. The second kappa shape index (κ2) is 8.88. The lowest BCUT2D eigenvalue weighted by atomic mass is 9.87. The predicted octanol–water partition coefficient (Wildman–Crippen LogP) is 2.20. The summed E-state index contributed by atoms with van der Waals surface area (Å²) in [5.41, 5.74) is 11.4. The van der Waals surface area contributed by atoms with Gasteiger partial charge in [-0.2, -0.15) is 0 Å². The molecule has 1 atom stereocenters. The maximum atomic E-state index is 12.3. The van der Waals surface area contributed by atoms with Crippen molar-refractivity contribution in [2.45, 2.75) is 32.6 Å². The van der Waals surface area contributed by atoms with Gasteiger partial charge in [0.1, 0.15) is 5.75 Å². The highest BCUT2D eigenvalue weighted by atomic mass is 32.1. The standard InChI is InChI=1S/C20H23N3O4S/c1-2-12-7-8-16-13(9-12)10-17(28-16)20(26)23-22-18(24)11-27-15-6-4-3-5-14(15)19(21)25/h3-6,10,12H,2,7-9,11H2,1H3,(H2,21,25)(H,22,24)(H,23,26)/t12-/m1/s1. The van der Waals surface area contributed by atoms with E-state index in [9.17, 15) is 14.4 Å². The van der Waals surface area contributed by atoms with Crippen LogP contribution in [-0.2, 0) is 17.6 Å². The molecule has 0 unspecified atom stereocenters. The highest BCUT2D eigenvalue weighted by molar-refractivity contribution is 7.14. The molecular weight excluding hydrogens is 378 g/mol. The van der Waals surface area contributed by atoms with E-state index in [0.717, 1.165) is 25.7 Å². The zero-order chi connectivity index (χ0) is 20.1. The summed E-state index contributed by atoms with van der Waals surface area (Å²) in [7, 11) is 0. The van der Waals surface area contributed by atoms with Gasteiger partial charge in [-0.05, 0) is 48.9 Å². The first-order valence-electron chi connectivity index (χ1n) is 9.20. The van der Waals surface area contributed by atoms with Gasteiger partial charge in [0.2, 0.25) is 0 Å². The van der Waals surface area contributed by atoms with Crippen molar-refractivity contribution in [2.75, 3.05) is 6.61 Å². The molecule has 1 aromatic heterocycles. The molecule has 0 aliphatic heterocycles. The highest BCUT2D eigenvalue weighted by Crippen LogP contribution is 2.33. The second-order valence-corrected chi connectivity index (χ2v) is 7.86. The third-order valence-corrected chi connectivity index (χ3v) is 6.05. The molecule has 1 aromatic carbocycles. The van der Waals surface area contributed by atoms with Crippen molar-refractivity contribution in [3.63, 3.8) is 0 Å². The minimum Gasteiger partial charge on any atom is -0.483 e. The molecule has 1 heterocycles. The molecular formula is C20H23N3O4S. The molecule has 0 fully saturated rings. The number of rotatable bonds is 6. The number of carbonyl (C=O) groups excluding carboxylic acids is 3. The molecule has 2 aromatic rings. The number of nitrogens with two attached hydrogens (primary N) is 1. The lowest BCUT2D eigenvalue weighted by Gasteiger charge is -2.19. The summed E-state index contributed by atoms with van der Waals surface area (Å²) in [5, 5.41) is 0. The van der Waals surface area contributed by atoms with Crippen molar-refractivity contribution in [3.05, 3.63) is 51.2 Å². The average Bonchev–Trinajstić information content (AvgIpc) is 3.13. The number of primary amides is 1. The van der Waals surface area contributed by atoms with E-state index < -0.39 is 11.8 Å². The van der Waals surface area contributed by atoms with Crippen LogP contribution >= 0.6 is 11.3 Å². The van der Waals surface area contributed by atoms with E-state index in [1.807, 2.05) is 6.07 Å². The Labute approximate surface area is 167 Å². The smallest absolute Gasteiger partial charge is 0.279 e. The van der Waals surface area contributed by atoms with Crippen LogP contribution in [0.1, 0.15) is 50.2 Å². The number of hydrazine groups is 1. The molecule has 0 bridgehead atoms. The fourth-order valence-electron chi connectivity index (χ4n) is 3.22. The normalized spacial score (nSPS) is 15.4. The van der Waals surface area contributed by atoms with Crippen LogP contribution in [0.25, 0.3) is 0 Å². The molecule has 28 heavy (non-hydrogen) atoms. The van der Waals surface area contributed by atoms with Crippen LogP contribution in [0, 0.1) is 5.92 Å². The van der Waals surface area contributed by atoms with E-state index in [2.05, 4.69) is 17.8 Å². The van der Waals surface area contributed by atoms with Crippen molar-refractivity contribution in [1.82, 2.24) is 10.9 Å². The number of nitrogens with one attached hydrogen (secondary N) is 2. The van der Waals surface area contributed by atoms with E-state index in [4.69, 9.17) is 10.5 Å². The minimum absolute atomic E-state index is 0.189. The van der Waals surface area contributed by atoms with Crippen molar-refractivity contribution < 1.29 is 19.1 Å². The Morgan fingerprint density at radius 1 is 1.25 bits per heavy atom. The van der Waals surface area contributed by atoms with Crippen LogP contribution in [0.5, 0.6) is 5.75 Å². The minimum atomic E-state index is -0.642. The molecule has 0 saturated heterocycles. The van der Waals surface area contributed by atoms with Crippen molar-refractivity contribution in [2.24, 2.45) is 11.7 Å². The summed E-state index contributed by atoms with van der Waals surface area (Å²) in [6.07, 6.45) is 4.32. The molecule has 7 nitrogen and oxygen atoms in total. The largest absolute Gasteiger partial charge is 0.483 e. The van der Waals surface area contributed by atoms with Crippen molar-refractivity contribution >= 4 is 29.1 Å². The van der Waals surface area contributed by atoms with Gasteiger partial charge in [-0.3, -0.25) is 25.2 Å². The maximum Gasteiger partial charge on any atom is 0.279 e. The molecule has 0 spiro atoms. The number of fused-ring (bicyclic) bond motifs is 1. The number of hydrogen-bond acceptors (Lipinski definition) is 5. The van der Waals surface area contributed by atoms with Gasteiger partial charge in [0.05, 0.1) is 10.4 Å². The van der Waals surface area contributed by atoms with Crippen LogP contribution in [0.15, 0.2) is 30.3 Å². The van der Waals surface area contributed by atoms with E-state index >= 15 is 0 Å². The number of ether oxygens (including phenoxy) is 1. The number of amides is 3. The van der Waals surface area contributed by atoms with Crippen LogP contribution in [-0.4, -0.2) is 24.3 Å². The number of benzene rings is 1. The van der Waals surface area contributed by atoms with Crippen LogP contribution in [0.4, 0.5) is 0 Å². The summed E-state index contributed by atoms with van der Waals surface area (Å²) in [6, 6.07) is 8.30. The molecule has 4 N–H and O–H groups in total. The predicted molar refractivity (Wildman–Crippen MR) is 106 cm³/mol. The van der Waals surface area contributed by atoms with Gasteiger partial charge >= 0.3 is 0 Å². The SMILES string of the molecule is CC[C@@H]1CCc2sc(C(=O)NNC(=O)COc3ccccc3C(N)=O)cc2C1. The summed E-state index contributed by atoms with van der Waals surface area (Å²) in [4.78, 5) is 37.5. The van der Waals surface area contributed by atoms with Gasteiger partial charge in [-0.1, -0.05) is 25.5 Å². The van der Waals surface area contributed by atoms with Crippen LogP contribution in [0.2, 0.25) is 0 Å². The van der Waals surface area contributed by atoms with E-state index in [-0.39, 0.29) is 23.8 Å². The Morgan fingerprint density at radius 3 is 2.79 bits per heavy atom. The third-order valence-electron chi connectivity index (χ3n) is 4.81. The molecule has 1 aliphatic rings. The zero-order valence-electron chi connectivity index (χ0n) is 15.6. The third kappa shape index (κ3) is 4.69. The summed E-state index contributed by atoms with van der Waals surface area (Å²) in [6.45, 7) is 1.83. The highest BCUT2D eigenvalue weighted by Gasteiger charge is 2.22. The lowest BCUT2D eigenvalue weighted by molar-refractivity contribution is -0.123. The first kappa shape index (κ1) is 19.9. The van der Waals surface area contributed by atoms with Gasteiger partial charge < -0.3 is 10.5 Å². The summed E-state index contributed by atoms with van der Waals surface area (Å²) >= 11 is 1.48.